The van der Waals surface area contributed by atoms with Crippen molar-refractivity contribution in [2.75, 3.05) is 9.80 Å². The number of anilines is 5. The minimum atomic E-state index is -0.237. The van der Waals surface area contributed by atoms with Gasteiger partial charge in [-0.15, -0.1) is 22.7 Å². The van der Waals surface area contributed by atoms with E-state index >= 15 is 0 Å². The minimum absolute atomic E-state index is 0.187. The van der Waals surface area contributed by atoms with Gasteiger partial charge in [-0.1, -0.05) is 155 Å². The van der Waals surface area contributed by atoms with Gasteiger partial charge in [0, 0.05) is 103 Å². The summed E-state index contributed by atoms with van der Waals surface area (Å²) >= 11 is 3.73. The van der Waals surface area contributed by atoms with Crippen molar-refractivity contribution in [1.29, 1.82) is 0 Å². The highest BCUT2D eigenvalue weighted by Crippen LogP contribution is 2.58. The Morgan fingerprint density at radius 3 is 1.41 bits per heavy atom. The molecule has 7 heteroatoms. The molecule has 0 atom stereocenters. The van der Waals surface area contributed by atoms with E-state index in [4.69, 9.17) is 13.3 Å². The van der Waals surface area contributed by atoms with E-state index in [0.29, 0.717) is 0 Å². The number of benzene rings is 11. The Labute approximate surface area is 497 Å². The van der Waals surface area contributed by atoms with Gasteiger partial charge >= 0.3 is 0 Å². The van der Waals surface area contributed by atoms with Crippen LogP contribution in [0.3, 0.4) is 0 Å². The highest BCUT2D eigenvalue weighted by molar-refractivity contribution is 7.26. The summed E-state index contributed by atoms with van der Waals surface area (Å²) in [6, 6.07) is 78.1. The van der Waals surface area contributed by atoms with Crippen molar-refractivity contribution >= 4 is 163 Å². The zero-order valence-corrected chi connectivity index (χ0v) is 48.8. The quantitative estimate of drug-likeness (QED) is 0.166. The van der Waals surface area contributed by atoms with Crippen molar-refractivity contribution in [2.45, 2.75) is 51.4 Å². The van der Waals surface area contributed by atoms with Crippen molar-refractivity contribution in [3.63, 3.8) is 0 Å². The first-order chi connectivity index (χ1) is 41.6. The van der Waals surface area contributed by atoms with Crippen molar-refractivity contribution in [1.82, 2.24) is 0 Å². The standard InChI is InChI=1S/C78H52N2O3S2/c1-77(2)59-25-9-5-17-45(59)51-21-13-27-61(73(51)77)79(63-29-15-23-53-49-19-7-11-31-71(49)84-75(53)63)43-33-35-47-55-39-69-57(41-67(55)81-65(47)37-43)58-42-68-56(40-70(58)83-69)48-36-34-44(38-66(48)82-68)80(64-30-16-24-54-50-20-8-12-32-72(50)85-76(54)64)62-28-14-22-52-46-18-6-10-26-60(46)78(3,4)74(52)62/h5-13,15-21,23-42H,14,22H2,1-4H3. The predicted molar refractivity (Wildman–Crippen MR) is 359 cm³/mol. The van der Waals surface area contributed by atoms with Gasteiger partial charge < -0.3 is 23.1 Å². The lowest BCUT2D eigenvalue weighted by atomic mass is 9.78. The van der Waals surface area contributed by atoms with E-state index in [1.807, 2.05) is 22.7 Å². The molecule has 404 valence electrons. The van der Waals surface area contributed by atoms with E-state index in [9.17, 15) is 0 Å². The van der Waals surface area contributed by atoms with Crippen molar-refractivity contribution in [3.8, 4) is 11.1 Å². The van der Waals surface area contributed by atoms with Crippen LogP contribution in [0.25, 0.3) is 123 Å². The fraction of sp³-hybridized carbons (Fsp3) is 0.103. The summed E-state index contributed by atoms with van der Waals surface area (Å²) < 4.78 is 26.0. The highest BCUT2D eigenvalue weighted by Gasteiger charge is 2.43. The van der Waals surface area contributed by atoms with Crippen LogP contribution in [0.4, 0.5) is 28.4 Å². The second-order valence-corrected chi connectivity index (χ2v) is 26.7. The van der Waals surface area contributed by atoms with Gasteiger partial charge in [-0.3, -0.25) is 0 Å². The molecular formula is C78H52N2O3S2. The Kier molecular flexibility index (Phi) is 9.56. The molecule has 0 saturated heterocycles. The second kappa shape index (κ2) is 17.0. The molecule has 19 rings (SSSR count). The average Bonchev–Trinajstić information content (AvgIpc) is 1.90. The summed E-state index contributed by atoms with van der Waals surface area (Å²) in [5.74, 6) is 0. The van der Waals surface area contributed by atoms with E-state index in [-0.39, 0.29) is 10.8 Å². The van der Waals surface area contributed by atoms with Gasteiger partial charge in [-0.2, -0.15) is 0 Å². The lowest BCUT2D eigenvalue weighted by Crippen LogP contribution is -2.27. The summed E-state index contributed by atoms with van der Waals surface area (Å²) in [7, 11) is 0. The number of nitrogens with zero attached hydrogens (tertiary/aromatic N) is 2. The summed E-state index contributed by atoms with van der Waals surface area (Å²) in [4.78, 5) is 5.02. The molecule has 0 N–H and O–H groups in total. The van der Waals surface area contributed by atoms with Crippen LogP contribution in [0.2, 0.25) is 0 Å². The number of thiophene rings is 2. The molecule has 5 nitrogen and oxygen atoms in total. The van der Waals surface area contributed by atoms with Gasteiger partial charge in [0.15, 0.2) is 0 Å². The maximum absolute atomic E-state index is 7.03. The molecule has 0 amide bonds. The SMILES string of the molecule is CC1(C)C2=C(CCC=C2N(c2ccc3c(c2)oc2cc4c(cc23)oc2cc3c(cc24)oc2cc(N(c4cccc5c4C(C)(C)c4ccccc4-5)c4cccc5c4sc4ccccc45)ccc23)c2cccc3c2sc2ccccc23)c2ccccc21. The van der Waals surface area contributed by atoms with Crippen LogP contribution < -0.4 is 9.80 Å². The zero-order chi connectivity index (χ0) is 56.2. The summed E-state index contributed by atoms with van der Waals surface area (Å²) in [6.07, 6.45) is 4.47. The number of hydrogen-bond acceptors (Lipinski definition) is 7. The number of rotatable bonds is 6. The summed E-state index contributed by atoms with van der Waals surface area (Å²) in [6.45, 7) is 9.55. The molecule has 11 aromatic carbocycles. The number of hydrogen-bond donors (Lipinski definition) is 0. The lowest BCUT2D eigenvalue weighted by Gasteiger charge is -2.36. The molecule has 0 bridgehead atoms. The Balaban J connectivity index is 0.749. The van der Waals surface area contributed by atoms with E-state index in [1.165, 1.54) is 96.3 Å². The van der Waals surface area contributed by atoms with Crippen molar-refractivity contribution in [3.05, 3.63) is 252 Å². The first-order valence-corrected chi connectivity index (χ1v) is 31.1. The van der Waals surface area contributed by atoms with Gasteiger partial charge in [0.2, 0.25) is 0 Å². The monoisotopic (exact) mass is 1130 g/mol. The molecule has 0 saturated carbocycles. The zero-order valence-electron chi connectivity index (χ0n) is 47.1. The molecule has 0 spiro atoms. The van der Waals surface area contributed by atoms with Gasteiger partial charge in [0.1, 0.15) is 33.5 Å². The van der Waals surface area contributed by atoms with E-state index in [0.717, 1.165) is 101 Å². The van der Waals surface area contributed by atoms with Crippen LogP contribution in [0, 0.1) is 0 Å². The first-order valence-electron chi connectivity index (χ1n) is 29.5. The Morgan fingerprint density at radius 1 is 0.365 bits per heavy atom. The molecular weight excluding hydrogens is 1080 g/mol. The summed E-state index contributed by atoms with van der Waals surface area (Å²) in [5.41, 5.74) is 22.2. The predicted octanol–water partition coefficient (Wildman–Crippen LogP) is 23.5. The van der Waals surface area contributed by atoms with Crippen molar-refractivity contribution < 1.29 is 13.3 Å². The van der Waals surface area contributed by atoms with Crippen molar-refractivity contribution in [2.24, 2.45) is 0 Å². The molecule has 0 radical (unpaired) electrons. The highest BCUT2D eigenvalue weighted by atomic mass is 32.1. The van der Waals surface area contributed by atoms with E-state index in [1.54, 1.807) is 0 Å². The third-order valence-corrected chi connectivity index (χ3v) is 21.7. The largest absolute Gasteiger partial charge is 0.456 e. The van der Waals surface area contributed by atoms with E-state index < -0.39 is 0 Å². The molecule has 85 heavy (non-hydrogen) atoms. The van der Waals surface area contributed by atoms with Crippen LogP contribution >= 0.6 is 22.7 Å². The van der Waals surface area contributed by atoms with Crippen LogP contribution in [0.15, 0.2) is 243 Å². The van der Waals surface area contributed by atoms with Gasteiger partial charge in [-0.25, -0.2) is 0 Å². The minimum Gasteiger partial charge on any atom is -0.456 e. The van der Waals surface area contributed by atoms with Crippen LogP contribution in [0.5, 0.6) is 0 Å². The summed E-state index contributed by atoms with van der Waals surface area (Å²) in [5, 5.41) is 11.2. The molecule has 3 aliphatic carbocycles. The van der Waals surface area contributed by atoms with Gasteiger partial charge in [0.25, 0.3) is 0 Å². The van der Waals surface area contributed by atoms with Gasteiger partial charge in [0.05, 0.1) is 26.5 Å². The van der Waals surface area contributed by atoms with Crippen LogP contribution in [-0.2, 0) is 10.8 Å². The maximum atomic E-state index is 7.03. The number of fused-ring (bicyclic) bond motifs is 20. The van der Waals surface area contributed by atoms with Gasteiger partial charge in [-0.05, 0) is 136 Å². The molecule has 3 aliphatic rings. The lowest BCUT2D eigenvalue weighted by molar-refractivity contribution is 0.638. The number of allylic oxidation sites excluding steroid dienone is 3. The first kappa shape index (κ1) is 47.8. The topological polar surface area (TPSA) is 45.9 Å². The fourth-order valence-corrected chi connectivity index (χ4v) is 18.0. The number of furan rings is 3. The molecule has 16 aromatic rings. The van der Waals surface area contributed by atoms with E-state index in [2.05, 4.69) is 256 Å². The molecule has 0 unspecified atom stereocenters. The average molecular weight is 1130 g/mol. The second-order valence-electron chi connectivity index (χ2n) is 24.6. The Bertz CT molecular complexity index is 5710. The fourth-order valence-electron chi connectivity index (χ4n) is 15.5. The normalized spacial score (nSPS) is 15.2. The third-order valence-electron chi connectivity index (χ3n) is 19.3. The van der Waals surface area contributed by atoms with Crippen LogP contribution in [0.1, 0.15) is 62.8 Å². The molecule has 5 aromatic heterocycles. The maximum Gasteiger partial charge on any atom is 0.137 e. The van der Waals surface area contributed by atoms with Crippen LogP contribution in [-0.4, -0.2) is 0 Å². The Hall–Kier alpha value is -9.66. The Morgan fingerprint density at radius 2 is 0.812 bits per heavy atom. The molecule has 0 aliphatic heterocycles. The smallest absolute Gasteiger partial charge is 0.137 e. The molecule has 5 heterocycles. The molecule has 0 fully saturated rings. The third kappa shape index (κ3) is 6.52.